The Kier molecular flexibility index (Phi) is 7.89. The molecule has 1 saturated heterocycles. The molecule has 0 saturated carbocycles. The maximum absolute atomic E-state index is 12.5. The first kappa shape index (κ1) is 21.6. The highest BCUT2D eigenvalue weighted by atomic mass is 35.5. The van der Waals surface area contributed by atoms with Crippen LogP contribution in [0.15, 0.2) is 24.4 Å². The van der Waals surface area contributed by atoms with E-state index in [0.717, 1.165) is 36.9 Å². The van der Waals surface area contributed by atoms with Crippen LogP contribution in [-0.2, 0) is 22.4 Å². The first-order chi connectivity index (χ1) is 14.0. The van der Waals surface area contributed by atoms with Gasteiger partial charge in [-0.25, -0.2) is 0 Å². The molecule has 1 aliphatic rings. The van der Waals surface area contributed by atoms with Gasteiger partial charge in [-0.2, -0.15) is 0 Å². The summed E-state index contributed by atoms with van der Waals surface area (Å²) >= 11 is 12.0. The van der Waals surface area contributed by atoms with Gasteiger partial charge < -0.3 is 10.2 Å². The number of rotatable bonds is 8. The Balaban J connectivity index is 1.33. The van der Waals surface area contributed by atoms with Crippen molar-refractivity contribution in [3.05, 3.63) is 45.7 Å². The third kappa shape index (κ3) is 7.01. The number of piperidine rings is 1. The third-order valence-corrected chi connectivity index (χ3v) is 5.50. The predicted octanol–water partition coefficient (Wildman–Crippen LogP) is 3.17. The second kappa shape index (κ2) is 10.6. The molecule has 0 aliphatic carbocycles. The summed E-state index contributed by atoms with van der Waals surface area (Å²) in [7, 11) is 0. The van der Waals surface area contributed by atoms with Gasteiger partial charge in [-0.05, 0) is 55.9 Å². The summed E-state index contributed by atoms with van der Waals surface area (Å²) in [6.45, 7) is 1.33. The fourth-order valence-corrected chi connectivity index (χ4v) is 4.09. The van der Waals surface area contributed by atoms with Crippen molar-refractivity contribution in [1.82, 2.24) is 25.6 Å². The number of halogens is 2. The van der Waals surface area contributed by atoms with E-state index in [9.17, 15) is 9.59 Å². The largest absolute Gasteiger partial charge is 0.353 e. The fraction of sp³-hybridized carbons (Fsp3) is 0.500. The number of H-pyrrole nitrogens is 1. The van der Waals surface area contributed by atoms with Crippen molar-refractivity contribution in [2.45, 2.75) is 51.0 Å². The zero-order valence-corrected chi connectivity index (χ0v) is 17.7. The van der Waals surface area contributed by atoms with Gasteiger partial charge in [-0.15, -0.1) is 5.10 Å². The molecule has 0 atom stereocenters. The maximum Gasteiger partial charge on any atom is 0.222 e. The number of likely N-dealkylation sites (tertiary alicyclic amines) is 1. The lowest BCUT2D eigenvalue weighted by Gasteiger charge is -2.32. The van der Waals surface area contributed by atoms with Crippen molar-refractivity contribution in [3.63, 3.8) is 0 Å². The zero-order valence-electron chi connectivity index (χ0n) is 16.2. The second-order valence-corrected chi connectivity index (χ2v) is 8.19. The number of carbonyl (C=O) groups excluding carboxylic acids is 2. The van der Waals surface area contributed by atoms with Crippen molar-refractivity contribution in [1.29, 1.82) is 0 Å². The minimum absolute atomic E-state index is 0.0520. The van der Waals surface area contributed by atoms with Gasteiger partial charge >= 0.3 is 0 Å². The van der Waals surface area contributed by atoms with Gasteiger partial charge in [0, 0.05) is 48.2 Å². The average molecular weight is 438 g/mol. The van der Waals surface area contributed by atoms with Gasteiger partial charge in [0.1, 0.15) is 0 Å². The van der Waals surface area contributed by atoms with E-state index in [4.69, 9.17) is 23.2 Å². The molecule has 2 amide bonds. The molecular weight excluding hydrogens is 413 g/mol. The smallest absolute Gasteiger partial charge is 0.222 e. The molecule has 29 heavy (non-hydrogen) atoms. The molecule has 1 fully saturated rings. The second-order valence-electron chi connectivity index (χ2n) is 7.32. The summed E-state index contributed by atoms with van der Waals surface area (Å²) in [4.78, 5) is 26.5. The molecule has 0 bridgehead atoms. The molecule has 1 aromatic heterocycles. The predicted molar refractivity (Wildman–Crippen MR) is 112 cm³/mol. The van der Waals surface area contributed by atoms with Crippen LogP contribution in [0.25, 0.3) is 0 Å². The van der Waals surface area contributed by atoms with Gasteiger partial charge in [0.2, 0.25) is 11.8 Å². The van der Waals surface area contributed by atoms with E-state index >= 15 is 0 Å². The minimum Gasteiger partial charge on any atom is -0.353 e. The van der Waals surface area contributed by atoms with Crippen LogP contribution in [0, 0.1) is 0 Å². The van der Waals surface area contributed by atoms with E-state index in [-0.39, 0.29) is 17.9 Å². The Morgan fingerprint density at radius 3 is 2.48 bits per heavy atom. The van der Waals surface area contributed by atoms with E-state index in [1.54, 1.807) is 12.3 Å². The van der Waals surface area contributed by atoms with Crippen LogP contribution in [0.5, 0.6) is 0 Å². The molecule has 7 nitrogen and oxygen atoms in total. The van der Waals surface area contributed by atoms with Crippen LogP contribution in [-0.4, -0.2) is 51.3 Å². The molecule has 156 valence electrons. The van der Waals surface area contributed by atoms with Crippen molar-refractivity contribution < 1.29 is 9.59 Å². The topological polar surface area (TPSA) is 91.0 Å². The van der Waals surface area contributed by atoms with Gasteiger partial charge in [0.05, 0.1) is 5.69 Å². The summed E-state index contributed by atoms with van der Waals surface area (Å²) in [6, 6.07) is 5.49. The molecule has 1 aliphatic heterocycles. The van der Waals surface area contributed by atoms with Crippen LogP contribution in [0.1, 0.15) is 43.4 Å². The first-order valence-electron chi connectivity index (χ1n) is 9.87. The molecule has 9 heteroatoms. The highest BCUT2D eigenvalue weighted by Crippen LogP contribution is 2.20. The molecule has 0 spiro atoms. The molecular formula is C20H25Cl2N5O2. The van der Waals surface area contributed by atoms with Crippen molar-refractivity contribution >= 4 is 35.0 Å². The maximum atomic E-state index is 12.5. The quantitative estimate of drug-likeness (QED) is 0.663. The third-order valence-electron chi connectivity index (χ3n) is 5.07. The number of nitrogens with one attached hydrogen (secondary N) is 2. The Hall–Kier alpha value is -2.12. The molecule has 3 rings (SSSR count). The lowest BCUT2D eigenvalue weighted by Crippen LogP contribution is -2.46. The number of aromatic amines is 1. The Morgan fingerprint density at radius 1 is 1.10 bits per heavy atom. The lowest BCUT2D eigenvalue weighted by atomic mass is 10.0. The van der Waals surface area contributed by atoms with Crippen LogP contribution in [0.3, 0.4) is 0 Å². The molecule has 2 heterocycles. The number of aromatic nitrogens is 3. The Labute approximate surface area is 180 Å². The molecule has 0 radical (unpaired) electrons. The van der Waals surface area contributed by atoms with E-state index in [0.29, 0.717) is 42.4 Å². The number of nitrogens with zero attached hydrogens (tertiary/aromatic N) is 3. The summed E-state index contributed by atoms with van der Waals surface area (Å²) < 4.78 is 0. The van der Waals surface area contributed by atoms with E-state index in [1.165, 1.54) is 0 Å². The number of hydrogen-bond donors (Lipinski definition) is 2. The van der Waals surface area contributed by atoms with Crippen molar-refractivity contribution in [2.75, 3.05) is 13.1 Å². The first-order valence-corrected chi connectivity index (χ1v) is 10.6. The molecule has 0 unspecified atom stereocenters. The Bertz CT molecular complexity index is 800. The number of amides is 2. The van der Waals surface area contributed by atoms with E-state index in [2.05, 4.69) is 20.7 Å². The summed E-state index contributed by atoms with van der Waals surface area (Å²) in [5, 5.41) is 14.5. The van der Waals surface area contributed by atoms with E-state index < -0.39 is 0 Å². The summed E-state index contributed by atoms with van der Waals surface area (Å²) in [5.41, 5.74) is 1.83. The summed E-state index contributed by atoms with van der Waals surface area (Å²) in [6.07, 6.45) is 6.28. The number of aryl methyl sites for hydroxylation is 2. The van der Waals surface area contributed by atoms with Gasteiger partial charge in [0.25, 0.3) is 0 Å². The van der Waals surface area contributed by atoms with Crippen LogP contribution < -0.4 is 5.32 Å². The zero-order chi connectivity index (χ0) is 20.6. The monoisotopic (exact) mass is 437 g/mol. The van der Waals surface area contributed by atoms with E-state index in [1.807, 2.05) is 17.0 Å². The van der Waals surface area contributed by atoms with Crippen LogP contribution in [0.2, 0.25) is 10.0 Å². The minimum atomic E-state index is 0.0520. The lowest BCUT2D eigenvalue weighted by molar-refractivity contribution is -0.132. The highest BCUT2D eigenvalue weighted by Gasteiger charge is 2.23. The Morgan fingerprint density at radius 2 is 1.83 bits per heavy atom. The van der Waals surface area contributed by atoms with Crippen molar-refractivity contribution in [2.24, 2.45) is 0 Å². The van der Waals surface area contributed by atoms with Crippen molar-refractivity contribution in [3.8, 4) is 0 Å². The van der Waals surface area contributed by atoms with Crippen LogP contribution >= 0.6 is 23.2 Å². The molecule has 1 aromatic carbocycles. The SMILES string of the molecule is O=C(CCCc1c[nH]nn1)NC1CCN(C(=O)CCc2cc(Cl)cc(Cl)c2)CC1. The standard InChI is InChI=1S/C20H25Cl2N5O2/c21-15-10-14(11-16(22)12-15)4-5-20(29)27-8-6-17(7-9-27)24-19(28)3-1-2-18-13-23-26-25-18/h10-13,17H,1-9H2,(H,24,28)(H,23,25,26). The average Bonchev–Trinajstić information content (AvgIpc) is 3.19. The van der Waals surface area contributed by atoms with Gasteiger partial charge in [0.15, 0.2) is 0 Å². The normalized spacial score (nSPS) is 14.8. The van der Waals surface area contributed by atoms with Gasteiger partial charge in [-0.1, -0.05) is 28.4 Å². The number of hydrogen-bond acceptors (Lipinski definition) is 4. The summed E-state index contributed by atoms with van der Waals surface area (Å²) in [5.74, 6) is 0.176. The van der Waals surface area contributed by atoms with Crippen LogP contribution in [0.4, 0.5) is 0 Å². The number of carbonyl (C=O) groups is 2. The van der Waals surface area contributed by atoms with Gasteiger partial charge in [-0.3, -0.25) is 14.7 Å². The fourth-order valence-electron chi connectivity index (χ4n) is 3.52. The highest BCUT2D eigenvalue weighted by molar-refractivity contribution is 6.34. The molecule has 2 N–H and O–H groups in total. The number of benzene rings is 1. The molecule has 2 aromatic rings.